The van der Waals surface area contributed by atoms with E-state index in [2.05, 4.69) is 63.3 Å². The summed E-state index contributed by atoms with van der Waals surface area (Å²) in [6, 6.07) is 6.85. The van der Waals surface area contributed by atoms with Crippen LogP contribution in [0.4, 0.5) is 0 Å². The van der Waals surface area contributed by atoms with Gasteiger partial charge in [0.15, 0.2) is 0 Å². The van der Waals surface area contributed by atoms with E-state index < -0.39 is 0 Å². The number of nitrogens with zero attached hydrogens (tertiary/aromatic N) is 1. The van der Waals surface area contributed by atoms with E-state index in [1.54, 1.807) is 7.11 Å². The lowest BCUT2D eigenvalue weighted by molar-refractivity contribution is 0.303. The third-order valence-corrected chi connectivity index (χ3v) is 3.36. The number of rotatable bonds is 8. The van der Waals surface area contributed by atoms with Crippen LogP contribution in [0.1, 0.15) is 31.4 Å². The summed E-state index contributed by atoms with van der Waals surface area (Å²) in [5.74, 6) is 1.67. The lowest BCUT2D eigenvalue weighted by Gasteiger charge is -2.24. The van der Waals surface area contributed by atoms with Crippen molar-refractivity contribution < 1.29 is 4.74 Å². The summed E-state index contributed by atoms with van der Waals surface area (Å²) in [6.45, 7) is 8.59. The molecule has 1 unspecified atom stereocenters. The largest absolute Gasteiger partial charge is 0.496 e. The zero-order chi connectivity index (χ0) is 15.1. The van der Waals surface area contributed by atoms with E-state index >= 15 is 0 Å². The van der Waals surface area contributed by atoms with Crippen LogP contribution in [0.25, 0.3) is 0 Å². The van der Waals surface area contributed by atoms with Gasteiger partial charge in [-0.3, -0.25) is 0 Å². The van der Waals surface area contributed by atoms with Crippen molar-refractivity contribution in [2.24, 2.45) is 5.92 Å². The fraction of sp³-hybridized carbons (Fsp3) is 0.647. The molecule has 0 aliphatic heterocycles. The molecule has 0 radical (unpaired) electrons. The molecule has 1 aromatic rings. The van der Waals surface area contributed by atoms with Gasteiger partial charge in [0.1, 0.15) is 5.75 Å². The van der Waals surface area contributed by atoms with E-state index in [9.17, 15) is 0 Å². The summed E-state index contributed by atoms with van der Waals surface area (Å²) >= 11 is 0. The predicted octanol–water partition coefficient (Wildman–Crippen LogP) is 3.07. The molecule has 1 N–H and O–H groups in total. The summed E-state index contributed by atoms with van der Waals surface area (Å²) in [5, 5.41) is 3.68. The van der Waals surface area contributed by atoms with Gasteiger partial charge < -0.3 is 15.0 Å². The van der Waals surface area contributed by atoms with Crippen LogP contribution in [0.2, 0.25) is 0 Å². The molecule has 0 aliphatic rings. The van der Waals surface area contributed by atoms with E-state index in [4.69, 9.17) is 4.74 Å². The Hall–Kier alpha value is -1.06. The Bertz CT molecular complexity index is 392. The number of aryl methyl sites for hydroxylation is 1. The molecule has 1 rings (SSSR count). The number of hydrogen-bond acceptors (Lipinski definition) is 3. The van der Waals surface area contributed by atoms with Gasteiger partial charge in [0.05, 0.1) is 7.11 Å². The number of methoxy groups -OCH3 is 1. The van der Waals surface area contributed by atoms with E-state index in [0.29, 0.717) is 12.0 Å². The quantitative estimate of drug-likeness (QED) is 0.791. The molecule has 20 heavy (non-hydrogen) atoms. The van der Waals surface area contributed by atoms with Crippen LogP contribution in [-0.2, 0) is 6.54 Å². The second-order valence-corrected chi connectivity index (χ2v) is 6.28. The molecule has 0 amide bonds. The molecule has 1 atom stereocenters. The number of ether oxygens (including phenoxy) is 1. The molecule has 0 heterocycles. The lowest BCUT2D eigenvalue weighted by Crippen LogP contribution is -2.38. The first-order valence-electron chi connectivity index (χ1n) is 7.44. The maximum atomic E-state index is 5.44. The highest BCUT2D eigenvalue weighted by molar-refractivity contribution is 5.36. The molecule has 3 heteroatoms. The van der Waals surface area contributed by atoms with Crippen molar-refractivity contribution in [2.45, 2.75) is 39.8 Å². The summed E-state index contributed by atoms with van der Waals surface area (Å²) < 4.78 is 5.44. The van der Waals surface area contributed by atoms with Gasteiger partial charge in [0, 0.05) is 24.7 Å². The van der Waals surface area contributed by atoms with Gasteiger partial charge in [0.2, 0.25) is 0 Å². The SMILES string of the molecule is COc1ccc(C)cc1CNC(CC(C)C)CN(C)C. The normalized spacial score (nSPS) is 13.0. The van der Waals surface area contributed by atoms with Crippen molar-refractivity contribution in [1.82, 2.24) is 10.2 Å². The molecule has 1 aromatic carbocycles. The third-order valence-electron chi connectivity index (χ3n) is 3.36. The van der Waals surface area contributed by atoms with Crippen LogP contribution < -0.4 is 10.1 Å². The van der Waals surface area contributed by atoms with Crippen molar-refractivity contribution in [1.29, 1.82) is 0 Å². The van der Waals surface area contributed by atoms with Crippen molar-refractivity contribution >= 4 is 0 Å². The Labute approximate surface area is 124 Å². The van der Waals surface area contributed by atoms with Crippen LogP contribution in [0, 0.1) is 12.8 Å². The smallest absolute Gasteiger partial charge is 0.123 e. The molecular weight excluding hydrogens is 248 g/mol. The zero-order valence-corrected chi connectivity index (χ0v) is 13.9. The maximum absolute atomic E-state index is 5.44. The maximum Gasteiger partial charge on any atom is 0.123 e. The highest BCUT2D eigenvalue weighted by atomic mass is 16.5. The Kier molecular flexibility index (Phi) is 7.03. The first kappa shape index (κ1) is 17.0. The fourth-order valence-corrected chi connectivity index (χ4v) is 2.53. The Morgan fingerprint density at radius 1 is 1.25 bits per heavy atom. The van der Waals surface area contributed by atoms with Crippen LogP contribution in [0.3, 0.4) is 0 Å². The van der Waals surface area contributed by atoms with E-state index in [1.807, 2.05) is 0 Å². The van der Waals surface area contributed by atoms with Gasteiger partial charge in [-0.1, -0.05) is 31.5 Å². The minimum Gasteiger partial charge on any atom is -0.496 e. The van der Waals surface area contributed by atoms with Gasteiger partial charge >= 0.3 is 0 Å². The highest BCUT2D eigenvalue weighted by Gasteiger charge is 2.12. The molecular formula is C17H30N2O. The highest BCUT2D eigenvalue weighted by Crippen LogP contribution is 2.20. The van der Waals surface area contributed by atoms with E-state index in [0.717, 1.165) is 18.8 Å². The van der Waals surface area contributed by atoms with Gasteiger partial charge in [-0.2, -0.15) is 0 Å². The number of hydrogen-bond donors (Lipinski definition) is 1. The first-order chi connectivity index (χ1) is 9.42. The van der Waals surface area contributed by atoms with Crippen LogP contribution >= 0.6 is 0 Å². The fourth-order valence-electron chi connectivity index (χ4n) is 2.53. The van der Waals surface area contributed by atoms with E-state index in [-0.39, 0.29) is 0 Å². The summed E-state index contributed by atoms with van der Waals surface area (Å²) in [7, 11) is 5.99. The molecule has 3 nitrogen and oxygen atoms in total. The Morgan fingerprint density at radius 2 is 1.95 bits per heavy atom. The second-order valence-electron chi connectivity index (χ2n) is 6.28. The minimum atomic E-state index is 0.509. The van der Waals surface area contributed by atoms with Crippen molar-refractivity contribution in [3.05, 3.63) is 29.3 Å². The predicted molar refractivity (Wildman–Crippen MR) is 86.4 cm³/mol. The average Bonchev–Trinajstić information content (AvgIpc) is 2.34. The Balaban J connectivity index is 2.68. The standard InChI is InChI=1S/C17H30N2O/c1-13(2)9-16(12-19(4)5)18-11-15-10-14(3)7-8-17(15)20-6/h7-8,10,13,16,18H,9,11-12H2,1-6H3. The molecule has 114 valence electrons. The van der Waals surface area contributed by atoms with Crippen molar-refractivity contribution in [3.8, 4) is 5.75 Å². The van der Waals surface area contributed by atoms with Gasteiger partial charge in [-0.05, 0) is 39.4 Å². The molecule has 0 aromatic heterocycles. The summed E-state index contributed by atoms with van der Waals surface area (Å²) in [4.78, 5) is 2.24. The van der Waals surface area contributed by atoms with Crippen molar-refractivity contribution in [2.75, 3.05) is 27.7 Å². The second kappa shape index (κ2) is 8.28. The van der Waals surface area contributed by atoms with Crippen LogP contribution in [0.5, 0.6) is 5.75 Å². The van der Waals surface area contributed by atoms with Gasteiger partial charge in [-0.15, -0.1) is 0 Å². The molecule has 0 bridgehead atoms. The third kappa shape index (κ3) is 5.93. The monoisotopic (exact) mass is 278 g/mol. The molecule has 0 aliphatic carbocycles. The Morgan fingerprint density at radius 3 is 2.50 bits per heavy atom. The topological polar surface area (TPSA) is 24.5 Å². The van der Waals surface area contributed by atoms with Crippen LogP contribution in [0.15, 0.2) is 18.2 Å². The summed E-state index contributed by atoms with van der Waals surface area (Å²) in [5.41, 5.74) is 2.51. The molecule has 0 fully saturated rings. The number of benzene rings is 1. The van der Waals surface area contributed by atoms with Crippen LogP contribution in [-0.4, -0.2) is 38.7 Å². The van der Waals surface area contributed by atoms with Gasteiger partial charge in [-0.25, -0.2) is 0 Å². The molecule has 0 saturated carbocycles. The minimum absolute atomic E-state index is 0.509. The first-order valence-corrected chi connectivity index (χ1v) is 7.44. The zero-order valence-electron chi connectivity index (χ0n) is 13.9. The number of likely N-dealkylation sites (N-methyl/N-ethyl adjacent to an activating group) is 1. The molecule has 0 spiro atoms. The van der Waals surface area contributed by atoms with Crippen molar-refractivity contribution in [3.63, 3.8) is 0 Å². The lowest BCUT2D eigenvalue weighted by atomic mass is 10.0. The van der Waals surface area contributed by atoms with E-state index in [1.165, 1.54) is 17.5 Å². The van der Waals surface area contributed by atoms with Gasteiger partial charge in [0.25, 0.3) is 0 Å². The number of nitrogens with one attached hydrogen (secondary N) is 1. The molecule has 0 saturated heterocycles. The average molecular weight is 278 g/mol. The summed E-state index contributed by atoms with van der Waals surface area (Å²) in [6.07, 6.45) is 1.19.